The fourth-order valence-electron chi connectivity index (χ4n) is 3.38. The molecule has 0 aromatic carbocycles. The van der Waals surface area contributed by atoms with E-state index in [2.05, 4.69) is 0 Å². The lowest BCUT2D eigenvalue weighted by molar-refractivity contribution is -0.177. The minimum absolute atomic E-state index is 0.112. The van der Waals surface area contributed by atoms with Gasteiger partial charge in [-0.05, 0) is 74.1 Å². The van der Waals surface area contributed by atoms with Crippen LogP contribution in [0.25, 0.3) is 0 Å². The Morgan fingerprint density at radius 3 is 2.74 bits per heavy atom. The number of aliphatic hydroxyl groups is 1. The molecule has 1 amide bonds. The van der Waals surface area contributed by atoms with E-state index in [0.717, 1.165) is 0 Å². The summed E-state index contributed by atoms with van der Waals surface area (Å²) in [6.07, 6.45) is -29.2. The van der Waals surface area contributed by atoms with Crippen LogP contribution in [0.3, 0.4) is 0 Å². The van der Waals surface area contributed by atoms with E-state index in [1.807, 2.05) is 0 Å². The Bertz CT molecular complexity index is 1230. The molecule has 6 aliphatic rings. The first-order valence-corrected chi connectivity index (χ1v) is 7.07. The number of nitrogens with zero attached hydrogens (tertiary/aromatic N) is 2. The Kier molecular flexibility index (Phi) is 0.923. The SMILES string of the molecule is [2H]C1([2H])C2([2H])C([2H])([2H])C3(O)C([2H])([2H])C1([2H])C([2H])([2H])C([C@H](N)C(=O)N1C(C#N)C[C@]4([2H])C([2H])([2H])[C@]14[2H])(C2([2H])[2H])C3([2H])[2H]. The van der Waals surface area contributed by atoms with Gasteiger partial charge in [0, 0.05) is 29.3 Å². The van der Waals surface area contributed by atoms with Gasteiger partial charge in [-0.3, -0.25) is 4.79 Å². The number of carbonyl (C=O) groups excluding carboxylic acids is 1. The topological polar surface area (TPSA) is 90.3 Å². The van der Waals surface area contributed by atoms with Gasteiger partial charge in [-0.15, -0.1) is 0 Å². The fraction of sp³-hybridized carbons (Fsp3) is 0.889. The molecule has 3 N–H and O–H groups in total. The summed E-state index contributed by atoms with van der Waals surface area (Å²) in [6, 6.07) is -6.26. The number of carbonyl (C=O) groups is 1. The lowest BCUT2D eigenvalue weighted by Gasteiger charge is -2.61. The summed E-state index contributed by atoms with van der Waals surface area (Å²) in [5, 5.41) is 21.3. The number of rotatable bonds is 2. The molecule has 1 heterocycles. The van der Waals surface area contributed by atoms with Crippen molar-refractivity contribution >= 4 is 5.91 Å². The highest BCUT2D eigenvalue weighted by atomic mass is 16.3. The lowest BCUT2D eigenvalue weighted by atomic mass is 9.46. The van der Waals surface area contributed by atoms with Crippen LogP contribution in [0.4, 0.5) is 0 Å². The molecule has 5 saturated carbocycles. The first-order chi connectivity index (χ1) is 17.9. The quantitative estimate of drug-likeness (QED) is 0.793. The van der Waals surface area contributed by atoms with Crippen LogP contribution < -0.4 is 5.73 Å². The van der Waals surface area contributed by atoms with E-state index in [-0.39, 0.29) is 4.90 Å². The minimum Gasteiger partial charge on any atom is -0.390 e. The van der Waals surface area contributed by atoms with E-state index in [4.69, 9.17) is 30.4 Å². The van der Waals surface area contributed by atoms with E-state index < -0.39 is 104 Å². The van der Waals surface area contributed by atoms with Crippen molar-refractivity contribution in [1.29, 1.82) is 5.26 Å². The number of hydrogen-bond donors (Lipinski definition) is 2. The predicted molar refractivity (Wildman–Crippen MR) is 82.8 cm³/mol. The average Bonchev–Trinajstić information content (AvgIpc) is 3.02. The molecule has 0 radical (unpaired) electrons. The van der Waals surface area contributed by atoms with Gasteiger partial charge in [0.15, 0.2) is 0 Å². The largest absolute Gasteiger partial charge is 0.390 e. The average molecular weight is 334 g/mol. The third kappa shape index (κ3) is 1.88. The van der Waals surface area contributed by atoms with Crippen molar-refractivity contribution in [2.24, 2.45) is 28.8 Å². The van der Waals surface area contributed by atoms with Crippen molar-refractivity contribution < 1.29 is 34.6 Å². The zero-order valence-electron chi connectivity index (χ0n) is 29.7. The smallest absolute Gasteiger partial charge is 0.241 e. The van der Waals surface area contributed by atoms with Crippen LogP contribution in [0, 0.1) is 34.4 Å². The molecular weight excluding hydrogens is 290 g/mol. The number of amides is 1. The summed E-state index contributed by atoms with van der Waals surface area (Å²) in [7, 11) is 0. The molecule has 5 heteroatoms. The molecule has 6 fully saturated rings. The van der Waals surface area contributed by atoms with Crippen LogP contribution in [-0.4, -0.2) is 39.6 Å². The summed E-state index contributed by atoms with van der Waals surface area (Å²) in [5.74, 6) is -12.8. The van der Waals surface area contributed by atoms with Crippen molar-refractivity contribution in [3.05, 3.63) is 0 Å². The second-order valence-corrected chi connectivity index (χ2v) is 6.01. The second-order valence-electron chi connectivity index (χ2n) is 6.01. The summed E-state index contributed by atoms with van der Waals surface area (Å²) in [6.45, 7) is 0. The highest BCUT2D eigenvalue weighted by Crippen LogP contribution is 2.63. The summed E-state index contributed by atoms with van der Waals surface area (Å²) >= 11 is 0. The number of nitriles is 1. The maximum atomic E-state index is 14.1. The standard InChI is InChI=1S/C18H25N3O2/c19-8-13-2-12-3-14(12)21(13)16(22)15(20)17-4-10-1-11(5-17)7-18(23,6-10)9-17/h10-15,23H,1-7,9,20H2/t10?,11?,12-,13?,14+,15-,17?,18?/m1/s1/i1D2,3D2,4D2,5D2,6D2,7D2,9D2,10D,11D,12D,14D. The first-order valence-electron chi connectivity index (χ1n) is 16.1. The van der Waals surface area contributed by atoms with Crippen LogP contribution in [0.15, 0.2) is 0 Å². The van der Waals surface area contributed by atoms with Gasteiger partial charge in [0.2, 0.25) is 5.91 Å². The Morgan fingerprint density at radius 2 is 2.09 bits per heavy atom. The van der Waals surface area contributed by atoms with Gasteiger partial charge in [0.05, 0.1) is 19.1 Å². The Balaban J connectivity index is 1.89. The van der Waals surface area contributed by atoms with Gasteiger partial charge in [-0.2, -0.15) is 5.26 Å². The number of likely N-dealkylation sites (tertiary alicyclic amines) is 1. The Labute approximate surface area is 162 Å². The summed E-state index contributed by atoms with van der Waals surface area (Å²) in [4.78, 5) is 14.2. The highest BCUT2D eigenvalue weighted by Gasteiger charge is 2.62. The molecule has 6 rings (SSSR count). The number of hydrogen-bond acceptors (Lipinski definition) is 4. The maximum Gasteiger partial charge on any atom is 0.241 e. The minimum atomic E-state index is -4.40. The molecule has 5 nitrogen and oxygen atoms in total. The van der Waals surface area contributed by atoms with E-state index >= 15 is 0 Å². The van der Waals surface area contributed by atoms with Crippen LogP contribution in [0.5, 0.6) is 0 Å². The molecular formula is C18H25N3O2. The Morgan fingerprint density at radius 1 is 1.39 bits per heavy atom. The summed E-state index contributed by atoms with van der Waals surface area (Å²) < 4.78 is 155. The third-order valence-electron chi connectivity index (χ3n) is 4.45. The molecule has 124 valence electrons. The van der Waals surface area contributed by atoms with E-state index in [1.54, 1.807) is 6.07 Å². The lowest BCUT2D eigenvalue weighted by Crippen LogP contribution is -2.64. The number of fused-ring (bicyclic) bond motifs is 1. The van der Waals surface area contributed by atoms with Gasteiger partial charge in [0.1, 0.15) is 6.04 Å². The van der Waals surface area contributed by atoms with Gasteiger partial charge in [0.25, 0.3) is 0 Å². The van der Waals surface area contributed by atoms with Crippen LogP contribution in [0.2, 0.25) is 0 Å². The number of piperidine rings is 1. The van der Waals surface area contributed by atoms with Gasteiger partial charge in [-0.25, -0.2) is 0 Å². The fourth-order valence-corrected chi connectivity index (χ4v) is 3.38. The zero-order chi connectivity index (χ0) is 32.2. The maximum absolute atomic E-state index is 14.1. The van der Waals surface area contributed by atoms with E-state index in [1.165, 1.54) is 0 Å². The monoisotopic (exact) mass is 333 g/mol. The normalized spacial score (nSPS) is 93.4. The molecule has 6 atom stereocenters. The van der Waals surface area contributed by atoms with E-state index in [9.17, 15) is 15.2 Å². The molecule has 0 aromatic heterocycles. The third-order valence-corrected chi connectivity index (χ3v) is 4.45. The van der Waals surface area contributed by atoms with Gasteiger partial charge in [-0.1, -0.05) is 0 Å². The summed E-state index contributed by atoms with van der Waals surface area (Å²) in [5.41, 5.74) is -2.45. The molecule has 0 aromatic rings. The molecule has 0 spiro atoms. The van der Waals surface area contributed by atoms with Crippen molar-refractivity contribution in [2.45, 2.75) is 74.7 Å². The van der Waals surface area contributed by atoms with Crippen molar-refractivity contribution in [1.82, 2.24) is 4.90 Å². The van der Waals surface area contributed by atoms with Crippen LogP contribution >= 0.6 is 0 Å². The first kappa shape index (κ1) is 4.95. The number of nitrogens with two attached hydrogens (primary N) is 1. The Hall–Kier alpha value is -1.12. The molecule has 1 aliphatic heterocycles. The van der Waals surface area contributed by atoms with Crippen LogP contribution in [0.1, 0.15) is 75.7 Å². The van der Waals surface area contributed by atoms with Gasteiger partial charge < -0.3 is 15.7 Å². The zero-order valence-corrected chi connectivity index (χ0v) is 11.7. The van der Waals surface area contributed by atoms with E-state index in [0.29, 0.717) is 0 Å². The second kappa shape index (κ2) is 4.29. The molecule has 23 heavy (non-hydrogen) atoms. The molecule has 1 saturated heterocycles. The highest BCUT2D eigenvalue weighted by molar-refractivity contribution is 5.84. The van der Waals surface area contributed by atoms with Crippen molar-refractivity contribution in [2.75, 3.05) is 0 Å². The van der Waals surface area contributed by atoms with Crippen LogP contribution in [-0.2, 0) is 4.79 Å². The molecule has 5 aliphatic carbocycles. The predicted octanol–water partition coefficient (Wildman–Crippen LogP) is 1.16. The van der Waals surface area contributed by atoms with Crippen molar-refractivity contribution in [3.8, 4) is 6.07 Å². The van der Waals surface area contributed by atoms with Gasteiger partial charge >= 0.3 is 0 Å². The van der Waals surface area contributed by atoms with Crippen molar-refractivity contribution in [3.63, 3.8) is 0 Å². The molecule has 4 bridgehead atoms. The molecule has 3 unspecified atom stereocenters.